The van der Waals surface area contributed by atoms with Crippen LogP contribution in [0.25, 0.3) is 0 Å². The molecule has 1 aromatic carbocycles. The van der Waals surface area contributed by atoms with Crippen LogP contribution >= 0.6 is 0 Å². The first-order chi connectivity index (χ1) is 13.0. The minimum absolute atomic E-state index is 0.00456. The first-order valence-electron chi connectivity index (χ1n) is 9.66. The van der Waals surface area contributed by atoms with E-state index < -0.39 is 0 Å². The van der Waals surface area contributed by atoms with Gasteiger partial charge in [-0.3, -0.25) is 19.8 Å². The van der Waals surface area contributed by atoms with E-state index in [1.54, 1.807) is 12.1 Å². The molecule has 8 nitrogen and oxygen atoms in total. The number of nitro benzene ring substituents is 1. The van der Waals surface area contributed by atoms with Crippen molar-refractivity contribution in [2.45, 2.75) is 19.8 Å². The third kappa shape index (κ3) is 5.17. The molecule has 0 aliphatic carbocycles. The summed E-state index contributed by atoms with van der Waals surface area (Å²) in [4.78, 5) is 27.9. The summed E-state index contributed by atoms with van der Waals surface area (Å²) in [5.41, 5.74) is 0.943. The van der Waals surface area contributed by atoms with Crippen molar-refractivity contribution in [3.63, 3.8) is 0 Å². The predicted molar refractivity (Wildman–Crippen MR) is 103 cm³/mol. The Balaban J connectivity index is 1.64. The monoisotopic (exact) mass is 376 g/mol. The minimum atomic E-state index is -0.390. The average molecular weight is 376 g/mol. The van der Waals surface area contributed by atoms with E-state index in [-0.39, 0.29) is 16.5 Å². The summed E-state index contributed by atoms with van der Waals surface area (Å²) in [5, 5.41) is 14.4. The highest BCUT2D eigenvalue weighted by molar-refractivity contribution is 5.95. The van der Waals surface area contributed by atoms with Gasteiger partial charge in [0.25, 0.3) is 11.6 Å². The van der Waals surface area contributed by atoms with Crippen LogP contribution in [0.3, 0.4) is 0 Å². The van der Waals surface area contributed by atoms with Crippen LogP contribution < -0.4 is 10.2 Å². The molecule has 2 heterocycles. The number of nitro groups is 1. The second-order valence-corrected chi connectivity index (χ2v) is 7.36. The van der Waals surface area contributed by atoms with Gasteiger partial charge in [-0.1, -0.05) is 6.92 Å². The zero-order valence-electron chi connectivity index (χ0n) is 15.9. The Morgan fingerprint density at radius 2 is 2.11 bits per heavy atom. The fourth-order valence-electron chi connectivity index (χ4n) is 3.74. The first kappa shape index (κ1) is 19.6. The van der Waals surface area contributed by atoms with E-state index in [1.165, 1.54) is 6.07 Å². The molecule has 3 rings (SSSR count). The molecule has 0 bridgehead atoms. The van der Waals surface area contributed by atoms with Gasteiger partial charge in [0.2, 0.25) is 0 Å². The van der Waals surface area contributed by atoms with Gasteiger partial charge >= 0.3 is 0 Å². The molecule has 2 aliphatic heterocycles. The number of nitrogens with one attached hydrogen (secondary N) is 1. The maximum atomic E-state index is 12.4. The van der Waals surface area contributed by atoms with E-state index in [1.807, 2.05) is 0 Å². The zero-order chi connectivity index (χ0) is 19.2. The molecule has 148 valence electrons. The quantitative estimate of drug-likeness (QED) is 0.603. The summed E-state index contributed by atoms with van der Waals surface area (Å²) in [6.07, 6.45) is 2.18. The second-order valence-electron chi connectivity index (χ2n) is 7.36. The van der Waals surface area contributed by atoms with E-state index in [4.69, 9.17) is 4.74 Å². The second kappa shape index (κ2) is 9.14. The number of piperidine rings is 1. The zero-order valence-corrected chi connectivity index (χ0v) is 15.9. The number of hydrogen-bond donors (Lipinski definition) is 1. The summed E-state index contributed by atoms with van der Waals surface area (Å²) in [7, 11) is 0. The Kier molecular flexibility index (Phi) is 6.63. The van der Waals surface area contributed by atoms with Gasteiger partial charge in [0.05, 0.1) is 18.1 Å². The van der Waals surface area contributed by atoms with Gasteiger partial charge in [-0.05, 0) is 30.9 Å². The lowest BCUT2D eigenvalue weighted by atomic mass is 9.99. The molecule has 1 amide bonds. The summed E-state index contributed by atoms with van der Waals surface area (Å²) in [5.74, 6) is 0.242. The first-order valence-corrected chi connectivity index (χ1v) is 9.66. The molecule has 2 aliphatic rings. The molecule has 8 heteroatoms. The topological polar surface area (TPSA) is 88.0 Å². The molecule has 0 radical (unpaired) electrons. The van der Waals surface area contributed by atoms with E-state index in [2.05, 4.69) is 22.0 Å². The maximum absolute atomic E-state index is 12.4. The molecule has 2 saturated heterocycles. The number of morpholine rings is 1. The number of benzene rings is 1. The fraction of sp³-hybridized carbons (Fsp3) is 0.632. The third-order valence-electron chi connectivity index (χ3n) is 5.25. The predicted octanol–water partition coefficient (Wildman–Crippen LogP) is 1.89. The molecular weight excluding hydrogens is 348 g/mol. The van der Waals surface area contributed by atoms with Crippen molar-refractivity contribution in [1.29, 1.82) is 0 Å². The molecule has 27 heavy (non-hydrogen) atoms. The lowest BCUT2D eigenvalue weighted by Crippen LogP contribution is -2.41. The van der Waals surface area contributed by atoms with Gasteiger partial charge in [0, 0.05) is 50.9 Å². The Bertz CT molecular complexity index is 676. The summed E-state index contributed by atoms with van der Waals surface area (Å²) < 4.78 is 5.30. The Labute approximate surface area is 159 Å². The maximum Gasteiger partial charge on any atom is 0.293 e. The molecule has 1 aromatic rings. The number of amides is 1. The van der Waals surface area contributed by atoms with Crippen molar-refractivity contribution >= 4 is 17.3 Å². The summed E-state index contributed by atoms with van der Waals surface area (Å²) in [6.45, 7) is 8.22. The van der Waals surface area contributed by atoms with Crippen molar-refractivity contribution in [2.24, 2.45) is 5.92 Å². The van der Waals surface area contributed by atoms with Gasteiger partial charge < -0.3 is 15.0 Å². The van der Waals surface area contributed by atoms with Crippen LogP contribution in [0.5, 0.6) is 0 Å². The number of anilines is 1. The number of rotatable bonds is 6. The third-order valence-corrected chi connectivity index (χ3v) is 5.25. The van der Waals surface area contributed by atoms with Gasteiger partial charge in [-0.25, -0.2) is 0 Å². The standard InChI is InChI=1S/C19H28N4O4/c1-15-3-2-7-22(14-15)17-5-4-16(13-18(17)23(25)26)19(24)20-6-8-21-9-11-27-12-10-21/h4-5,13,15H,2-3,6-12,14H2,1H3,(H,20,24). The average Bonchev–Trinajstić information content (AvgIpc) is 2.68. The smallest absolute Gasteiger partial charge is 0.293 e. The van der Waals surface area contributed by atoms with Gasteiger partial charge in [0.15, 0.2) is 0 Å². The summed E-state index contributed by atoms with van der Waals surface area (Å²) >= 11 is 0. The van der Waals surface area contributed by atoms with Crippen molar-refractivity contribution in [1.82, 2.24) is 10.2 Å². The van der Waals surface area contributed by atoms with Crippen molar-refractivity contribution in [3.8, 4) is 0 Å². The van der Waals surface area contributed by atoms with Crippen molar-refractivity contribution < 1.29 is 14.5 Å². The van der Waals surface area contributed by atoms with E-state index >= 15 is 0 Å². The lowest BCUT2D eigenvalue weighted by Gasteiger charge is -2.32. The normalized spacial score (nSPS) is 21.1. The molecule has 1 atom stereocenters. The Morgan fingerprint density at radius 1 is 1.33 bits per heavy atom. The highest BCUT2D eigenvalue weighted by Gasteiger charge is 2.25. The van der Waals surface area contributed by atoms with Crippen LogP contribution in [-0.2, 0) is 4.74 Å². The van der Waals surface area contributed by atoms with Crippen molar-refractivity contribution in [3.05, 3.63) is 33.9 Å². The minimum Gasteiger partial charge on any atom is -0.379 e. The summed E-state index contributed by atoms with van der Waals surface area (Å²) in [6, 6.07) is 4.80. The molecule has 0 aromatic heterocycles. The Hall–Kier alpha value is -2.19. The molecular formula is C19H28N4O4. The van der Waals surface area contributed by atoms with Gasteiger partial charge in [0.1, 0.15) is 5.69 Å². The number of carbonyl (C=O) groups is 1. The fourth-order valence-corrected chi connectivity index (χ4v) is 3.74. The van der Waals surface area contributed by atoms with Crippen LogP contribution in [0.4, 0.5) is 11.4 Å². The van der Waals surface area contributed by atoms with Crippen LogP contribution in [0.15, 0.2) is 18.2 Å². The highest BCUT2D eigenvalue weighted by atomic mass is 16.6. The SMILES string of the molecule is CC1CCCN(c2ccc(C(=O)NCCN3CCOCC3)cc2[N+](=O)[O-])C1. The Morgan fingerprint density at radius 3 is 2.81 bits per heavy atom. The van der Waals surface area contributed by atoms with Crippen LogP contribution in [0.2, 0.25) is 0 Å². The number of hydrogen-bond acceptors (Lipinski definition) is 6. The highest BCUT2D eigenvalue weighted by Crippen LogP contribution is 2.32. The van der Waals surface area contributed by atoms with Crippen LogP contribution in [-0.4, -0.2) is 68.2 Å². The molecule has 2 fully saturated rings. The van der Waals surface area contributed by atoms with Gasteiger partial charge in [-0.2, -0.15) is 0 Å². The van der Waals surface area contributed by atoms with E-state index in [0.29, 0.717) is 23.7 Å². The van der Waals surface area contributed by atoms with E-state index in [0.717, 1.165) is 58.8 Å². The van der Waals surface area contributed by atoms with Crippen LogP contribution in [0.1, 0.15) is 30.1 Å². The van der Waals surface area contributed by atoms with Crippen molar-refractivity contribution in [2.75, 3.05) is 57.4 Å². The van der Waals surface area contributed by atoms with Gasteiger partial charge in [-0.15, -0.1) is 0 Å². The molecule has 1 N–H and O–H groups in total. The number of ether oxygens (including phenoxy) is 1. The number of carbonyl (C=O) groups excluding carboxylic acids is 1. The molecule has 0 spiro atoms. The lowest BCUT2D eigenvalue weighted by molar-refractivity contribution is -0.384. The van der Waals surface area contributed by atoms with Crippen LogP contribution in [0, 0.1) is 16.0 Å². The number of nitrogens with zero attached hydrogens (tertiary/aromatic N) is 3. The molecule has 0 saturated carbocycles. The van der Waals surface area contributed by atoms with E-state index in [9.17, 15) is 14.9 Å². The molecule has 1 unspecified atom stereocenters. The largest absolute Gasteiger partial charge is 0.379 e.